The highest BCUT2D eigenvalue weighted by molar-refractivity contribution is 6.31. The summed E-state index contributed by atoms with van der Waals surface area (Å²) in [5.74, 6) is 0.491. The molecular formula is C25H20ClN7O. The zero-order valence-corrected chi connectivity index (χ0v) is 19.2. The lowest BCUT2D eigenvalue weighted by Crippen LogP contribution is -2.23. The van der Waals surface area contributed by atoms with Crippen molar-refractivity contribution >= 4 is 33.5 Å². The molecule has 0 spiro atoms. The van der Waals surface area contributed by atoms with Gasteiger partial charge in [-0.25, -0.2) is 9.78 Å². The van der Waals surface area contributed by atoms with Gasteiger partial charge in [-0.3, -0.25) is 14.2 Å². The summed E-state index contributed by atoms with van der Waals surface area (Å²) < 4.78 is 5.48. The number of aromatic nitrogens is 6. The number of nitrogens with zero attached hydrogens (tertiary/aromatic N) is 7. The molecule has 4 aromatic heterocycles. The van der Waals surface area contributed by atoms with Crippen molar-refractivity contribution in [3.63, 3.8) is 0 Å². The predicted molar refractivity (Wildman–Crippen MR) is 129 cm³/mol. The van der Waals surface area contributed by atoms with Gasteiger partial charge in [-0.15, -0.1) is 0 Å². The normalized spacial score (nSPS) is 13.6. The Hall–Kier alpha value is -3.96. The molecule has 1 fully saturated rings. The molecule has 0 radical (unpaired) electrons. The molecule has 6 rings (SSSR count). The molecule has 0 unspecified atom stereocenters. The minimum atomic E-state index is -0.290. The molecule has 1 aliphatic rings. The minimum Gasteiger partial charge on any atom is -0.348 e. The number of hydrogen-bond acceptors (Lipinski definition) is 5. The quantitative estimate of drug-likeness (QED) is 0.385. The second kappa shape index (κ2) is 7.82. The van der Waals surface area contributed by atoms with Crippen LogP contribution in [-0.2, 0) is 20.1 Å². The third-order valence-corrected chi connectivity index (χ3v) is 6.62. The third kappa shape index (κ3) is 3.45. The van der Waals surface area contributed by atoms with Crippen LogP contribution in [-0.4, -0.2) is 28.9 Å². The summed E-state index contributed by atoms with van der Waals surface area (Å²) in [4.78, 5) is 21.3. The van der Waals surface area contributed by atoms with E-state index in [1.807, 2.05) is 46.6 Å². The molecule has 5 aromatic rings. The van der Waals surface area contributed by atoms with E-state index >= 15 is 0 Å². The molecule has 0 atom stereocenters. The average Bonchev–Trinajstić information content (AvgIpc) is 3.47. The number of benzene rings is 1. The van der Waals surface area contributed by atoms with Crippen LogP contribution in [0.15, 0.2) is 53.7 Å². The van der Waals surface area contributed by atoms with E-state index in [1.165, 1.54) is 0 Å². The van der Waals surface area contributed by atoms with Gasteiger partial charge in [0.25, 0.3) is 0 Å². The van der Waals surface area contributed by atoms with E-state index < -0.39 is 0 Å². The van der Waals surface area contributed by atoms with Gasteiger partial charge in [0.1, 0.15) is 6.07 Å². The first-order valence-electron chi connectivity index (χ1n) is 11.1. The van der Waals surface area contributed by atoms with Crippen molar-refractivity contribution in [1.82, 2.24) is 28.9 Å². The molecule has 0 amide bonds. The summed E-state index contributed by atoms with van der Waals surface area (Å²) in [5.41, 5.74) is 4.36. The van der Waals surface area contributed by atoms with Gasteiger partial charge in [0.05, 0.1) is 34.4 Å². The van der Waals surface area contributed by atoms with Crippen LogP contribution >= 0.6 is 11.6 Å². The number of fused-ring (bicyclic) bond motifs is 2. The lowest BCUT2D eigenvalue weighted by Gasteiger charge is -2.11. The molecule has 9 heteroatoms. The fourth-order valence-electron chi connectivity index (χ4n) is 4.50. The smallest absolute Gasteiger partial charge is 0.348 e. The van der Waals surface area contributed by atoms with E-state index in [0.29, 0.717) is 35.2 Å². The lowest BCUT2D eigenvalue weighted by molar-refractivity contribution is 0.599. The highest BCUT2D eigenvalue weighted by Crippen LogP contribution is 2.34. The van der Waals surface area contributed by atoms with Gasteiger partial charge < -0.3 is 4.57 Å². The number of hydrogen-bond donors (Lipinski definition) is 0. The number of pyridine rings is 1. The topological polar surface area (TPSA) is 94.3 Å². The fourth-order valence-corrected chi connectivity index (χ4v) is 4.68. The van der Waals surface area contributed by atoms with Crippen LogP contribution in [0.1, 0.15) is 24.0 Å². The zero-order valence-electron chi connectivity index (χ0n) is 18.4. The Morgan fingerprint density at radius 3 is 2.79 bits per heavy atom. The van der Waals surface area contributed by atoms with Crippen LogP contribution in [0.25, 0.3) is 33.3 Å². The van der Waals surface area contributed by atoms with Crippen molar-refractivity contribution in [2.24, 2.45) is 13.0 Å². The largest absolute Gasteiger partial charge is 0.349 e. The highest BCUT2D eigenvalue weighted by Gasteiger charge is 2.26. The van der Waals surface area contributed by atoms with Gasteiger partial charge in [-0.05, 0) is 54.7 Å². The van der Waals surface area contributed by atoms with Crippen LogP contribution in [0.3, 0.4) is 0 Å². The van der Waals surface area contributed by atoms with E-state index in [4.69, 9.17) is 16.7 Å². The minimum absolute atomic E-state index is 0.290. The maximum atomic E-state index is 12.7. The Morgan fingerprint density at radius 2 is 2.03 bits per heavy atom. The Balaban J connectivity index is 1.60. The van der Waals surface area contributed by atoms with Crippen LogP contribution in [0.4, 0.5) is 0 Å². The summed E-state index contributed by atoms with van der Waals surface area (Å²) >= 11 is 6.29. The molecule has 168 valence electrons. The molecule has 0 aliphatic heterocycles. The van der Waals surface area contributed by atoms with Crippen LogP contribution in [0, 0.1) is 17.2 Å². The highest BCUT2D eigenvalue weighted by atomic mass is 35.5. The molecule has 1 aromatic carbocycles. The van der Waals surface area contributed by atoms with Gasteiger partial charge in [0.15, 0.2) is 5.65 Å². The number of aryl methyl sites for hydroxylation is 1. The van der Waals surface area contributed by atoms with E-state index in [9.17, 15) is 10.1 Å². The monoisotopic (exact) mass is 469 g/mol. The van der Waals surface area contributed by atoms with Gasteiger partial charge in [0.2, 0.25) is 0 Å². The predicted octanol–water partition coefficient (Wildman–Crippen LogP) is 4.13. The Morgan fingerprint density at radius 1 is 1.18 bits per heavy atom. The molecule has 0 saturated heterocycles. The van der Waals surface area contributed by atoms with Crippen LogP contribution in [0.5, 0.6) is 0 Å². The van der Waals surface area contributed by atoms with Crippen LogP contribution < -0.4 is 5.69 Å². The molecular weight excluding hydrogens is 450 g/mol. The number of rotatable bonds is 5. The third-order valence-electron chi connectivity index (χ3n) is 6.39. The maximum absolute atomic E-state index is 12.7. The summed E-state index contributed by atoms with van der Waals surface area (Å²) in [5, 5.41) is 16.7. The first-order chi connectivity index (χ1) is 16.5. The van der Waals surface area contributed by atoms with Crippen molar-refractivity contribution in [3.8, 4) is 17.5 Å². The molecule has 1 saturated carbocycles. The first kappa shape index (κ1) is 20.6. The molecule has 34 heavy (non-hydrogen) atoms. The second-order valence-electron chi connectivity index (χ2n) is 8.81. The Bertz CT molecular complexity index is 1680. The number of halogens is 1. The van der Waals surface area contributed by atoms with Gasteiger partial charge in [-0.1, -0.05) is 11.6 Å². The summed E-state index contributed by atoms with van der Waals surface area (Å²) in [6.45, 7) is 1.05. The molecule has 8 nitrogen and oxygen atoms in total. The lowest BCUT2D eigenvalue weighted by atomic mass is 10.1. The van der Waals surface area contributed by atoms with Crippen molar-refractivity contribution in [1.29, 1.82) is 5.26 Å². The molecule has 0 N–H and O–H groups in total. The molecule has 4 heterocycles. The number of nitriles is 1. The van der Waals surface area contributed by atoms with Gasteiger partial charge in [-0.2, -0.15) is 10.4 Å². The molecule has 0 bridgehead atoms. The van der Waals surface area contributed by atoms with Crippen molar-refractivity contribution in [2.75, 3.05) is 0 Å². The van der Waals surface area contributed by atoms with E-state index in [2.05, 4.69) is 16.0 Å². The first-order valence-corrected chi connectivity index (χ1v) is 11.5. The van der Waals surface area contributed by atoms with Crippen LogP contribution in [0.2, 0.25) is 5.02 Å². The van der Waals surface area contributed by atoms with Gasteiger partial charge >= 0.3 is 5.69 Å². The maximum Gasteiger partial charge on any atom is 0.349 e. The fraction of sp³-hybridized carbons (Fsp3) is 0.240. The Labute approximate surface area is 199 Å². The SMILES string of the molecule is Cn1cc(C#N)cc1-c1c2cnc(=O)n(CC3CC3)c2nn1Cc1ccnc2ccc(Cl)cc12. The Kier molecular flexibility index (Phi) is 4.74. The van der Waals surface area contributed by atoms with E-state index in [1.54, 1.807) is 23.2 Å². The zero-order chi connectivity index (χ0) is 23.4. The summed E-state index contributed by atoms with van der Waals surface area (Å²) in [6, 6.07) is 11.6. The summed E-state index contributed by atoms with van der Waals surface area (Å²) in [6.07, 6.45) is 7.39. The van der Waals surface area contributed by atoms with Crippen molar-refractivity contribution < 1.29 is 0 Å². The summed E-state index contributed by atoms with van der Waals surface area (Å²) in [7, 11) is 1.90. The second-order valence-corrected chi connectivity index (χ2v) is 9.24. The van der Waals surface area contributed by atoms with E-state index in [-0.39, 0.29) is 5.69 Å². The average molecular weight is 470 g/mol. The van der Waals surface area contributed by atoms with Gasteiger partial charge in [0, 0.05) is 42.6 Å². The molecule has 1 aliphatic carbocycles. The van der Waals surface area contributed by atoms with E-state index in [0.717, 1.165) is 46.1 Å². The standard InChI is InChI=1S/C25H20ClN7O/c1-31-12-16(10-27)8-22(31)23-20-11-29-25(34)32(13-15-2-3-15)24(20)30-33(23)14-17-6-7-28-21-5-4-18(26)9-19(17)21/h4-9,11-12,15H,2-3,13-14H2,1H3. The van der Waals surface area contributed by atoms with Crippen molar-refractivity contribution in [3.05, 3.63) is 75.6 Å². The van der Waals surface area contributed by atoms with Crippen molar-refractivity contribution in [2.45, 2.75) is 25.9 Å².